The van der Waals surface area contributed by atoms with Crippen molar-refractivity contribution in [3.05, 3.63) is 29.8 Å². The first-order chi connectivity index (χ1) is 31.9. The minimum absolute atomic E-state index is 0.0212. The van der Waals surface area contributed by atoms with Gasteiger partial charge in [-0.1, -0.05) is 39.8 Å². The number of benzene rings is 1. The third kappa shape index (κ3) is 14.3. The fraction of sp³-hybridized carbons (Fsp3) is 0.816. The van der Waals surface area contributed by atoms with E-state index < -0.39 is 148 Å². The lowest BCUT2D eigenvalue weighted by molar-refractivity contribution is -0.318. The second-order valence-electron chi connectivity index (χ2n) is 20.8. The summed E-state index contributed by atoms with van der Waals surface area (Å²) in [7, 11) is -0.256. The van der Waals surface area contributed by atoms with Gasteiger partial charge in [-0.2, -0.15) is 0 Å². The Balaban J connectivity index is 1.65. The number of carbonyl (C=O) groups excluding carboxylic acids is 3. The molecule has 0 saturated carbocycles. The Labute approximate surface area is 407 Å². The number of amides is 1. The first-order valence-corrected chi connectivity index (χ1v) is 26.1. The van der Waals surface area contributed by atoms with Gasteiger partial charge >= 0.3 is 5.97 Å². The average Bonchev–Trinajstić information content (AvgIpc) is 3.28. The number of aliphatic hydroxyl groups excluding tert-OH is 3. The van der Waals surface area contributed by atoms with Crippen LogP contribution in [0.1, 0.15) is 107 Å². The molecule has 4 rings (SSSR count). The van der Waals surface area contributed by atoms with Gasteiger partial charge in [-0.25, -0.2) is 12.8 Å². The van der Waals surface area contributed by atoms with Gasteiger partial charge in [0, 0.05) is 56.5 Å². The van der Waals surface area contributed by atoms with E-state index in [0.29, 0.717) is 12.0 Å². The van der Waals surface area contributed by atoms with E-state index in [4.69, 9.17) is 28.4 Å². The average molecular weight is 1010 g/mol. The van der Waals surface area contributed by atoms with Crippen LogP contribution in [-0.2, 0) is 59.1 Å². The number of methoxy groups -OCH3 is 1. The molecular formula is C49H81FN2O16S. The number of rotatable bonds is 15. The molecule has 0 bridgehead atoms. The normalized spacial score (nSPS) is 40.4. The molecule has 3 fully saturated rings. The van der Waals surface area contributed by atoms with Crippen molar-refractivity contribution < 1.29 is 81.1 Å². The van der Waals surface area contributed by atoms with Gasteiger partial charge in [-0.3, -0.25) is 14.4 Å². The van der Waals surface area contributed by atoms with Crippen LogP contribution in [-0.4, -0.2) is 180 Å². The van der Waals surface area contributed by atoms with E-state index in [0.717, 1.165) is 6.26 Å². The van der Waals surface area contributed by atoms with E-state index in [2.05, 4.69) is 5.32 Å². The summed E-state index contributed by atoms with van der Waals surface area (Å²) in [6.45, 7) is 15.1. The number of ketones is 1. The van der Waals surface area contributed by atoms with Gasteiger partial charge in [0.2, 0.25) is 5.91 Å². The largest absolute Gasteiger partial charge is 0.459 e. The minimum atomic E-state index is -3.42. The van der Waals surface area contributed by atoms with E-state index in [1.165, 1.54) is 40.0 Å². The number of esters is 1. The number of hydrogen-bond acceptors (Lipinski definition) is 17. The monoisotopic (exact) mass is 1000 g/mol. The molecule has 1 amide bonds. The second-order valence-corrected chi connectivity index (χ2v) is 22.8. The Bertz CT molecular complexity index is 1980. The number of cyclic esters (lactones) is 1. The Hall–Kier alpha value is -2.73. The summed E-state index contributed by atoms with van der Waals surface area (Å²) in [6.07, 6.45) is -10.4. The van der Waals surface area contributed by atoms with Crippen molar-refractivity contribution in [2.75, 3.05) is 33.6 Å². The Morgan fingerprint density at radius 1 is 0.957 bits per heavy atom. The number of hydrogen-bond donors (Lipinski definition) is 6. The maximum absolute atomic E-state index is 14.3. The lowest BCUT2D eigenvalue weighted by Gasteiger charge is -2.49. The number of sulfone groups is 1. The standard InChI is InChI=1S/C49H81FN2O16S/c1-14-36-49(10,60)42(56)28(4)39(54)26(2)23-47(8,59)44(29(5)41(30(6)45(58)66-36)67-38-24-48(9,63-12)43(57)31(7)65-38)68-46-40(55)35(21-27(3)64-46)52(11)20-19-37(53)51-33(25-50)22-32-15-17-34(18-16-32)69(13,61)62/h15-18,26-31,33,35-36,38,40-44,46,55-57,59-60H,14,19-25H2,1-13H3,(H,51,53)/t26-,27-,28+,29+,30-,31+,33+,35+,36-,38+,40-,41+,42-,43+,44-,46+,47?,48?,49?/m1/s1. The maximum atomic E-state index is 14.3. The van der Waals surface area contributed by atoms with Crippen LogP contribution in [0.25, 0.3) is 0 Å². The van der Waals surface area contributed by atoms with Crippen molar-refractivity contribution in [2.24, 2.45) is 23.7 Å². The maximum Gasteiger partial charge on any atom is 0.311 e. The van der Waals surface area contributed by atoms with E-state index in [1.807, 2.05) is 0 Å². The number of carbonyl (C=O) groups is 3. The highest BCUT2D eigenvalue weighted by Gasteiger charge is 2.53. The van der Waals surface area contributed by atoms with E-state index >= 15 is 0 Å². The number of alkyl halides is 1. The Kier molecular flexibility index (Phi) is 20.4. The van der Waals surface area contributed by atoms with Crippen LogP contribution in [0, 0.1) is 23.7 Å². The van der Waals surface area contributed by atoms with Gasteiger partial charge in [-0.05, 0) is 92.0 Å². The fourth-order valence-corrected chi connectivity index (χ4v) is 11.0. The Morgan fingerprint density at radius 3 is 2.14 bits per heavy atom. The summed E-state index contributed by atoms with van der Waals surface area (Å²) < 4.78 is 75.3. The molecule has 0 aliphatic carbocycles. The summed E-state index contributed by atoms with van der Waals surface area (Å²) >= 11 is 0. The molecular weight excluding hydrogens is 924 g/mol. The van der Waals surface area contributed by atoms with E-state index in [1.54, 1.807) is 72.5 Å². The van der Waals surface area contributed by atoms with Crippen LogP contribution in [0.3, 0.4) is 0 Å². The topological polar surface area (TPSA) is 257 Å². The predicted octanol–water partition coefficient (Wildman–Crippen LogP) is 2.65. The van der Waals surface area contributed by atoms with Crippen LogP contribution in [0.4, 0.5) is 4.39 Å². The summed E-state index contributed by atoms with van der Waals surface area (Å²) in [4.78, 5) is 43.4. The zero-order valence-corrected chi connectivity index (χ0v) is 43.5. The molecule has 396 valence electrons. The number of nitrogens with one attached hydrogen (secondary N) is 1. The molecule has 0 spiro atoms. The molecule has 3 aliphatic heterocycles. The first-order valence-electron chi connectivity index (χ1n) is 24.2. The zero-order chi connectivity index (χ0) is 52.1. The molecule has 18 nitrogen and oxygen atoms in total. The van der Waals surface area contributed by atoms with Gasteiger partial charge in [-0.15, -0.1) is 0 Å². The first kappa shape index (κ1) is 58.8. The Morgan fingerprint density at radius 2 is 1.58 bits per heavy atom. The molecule has 3 aliphatic rings. The number of ether oxygens (including phenoxy) is 6. The van der Waals surface area contributed by atoms with Gasteiger partial charge in [0.15, 0.2) is 22.4 Å². The van der Waals surface area contributed by atoms with E-state index in [9.17, 15) is 52.7 Å². The minimum Gasteiger partial charge on any atom is -0.459 e. The highest BCUT2D eigenvalue weighted by atomic mass is 32.2. The third-order valence-electron chi connectivity index (χ3n) is 14.8. The molecule has 3 saturated heterocycles. The van der Waals surface area contributed by atoms with Crippen LogP contribution < -0.4 is 5.32 Å². The molecule has 1 aromatic carbocycles. The molecule has 3 unspecified atom stereocenters. The quantitative estimate of drug-likeness (QED) is 0.138. The van der Waals surface area contributed by atoms with Crippen molar-refractivity contribution in [2.45, 2.75) is 203 Å². The van der Waals surface area contributed by atoms with Crippen LogP contribution in [0.2, 0.25) is 0 Å². The molecule has 19 atom stereocenters. The van der Waals surface area contributed by atoms with Crippen molar-refractivity contribution in [3.8, 4) is 0 Å². The summed E-state index contributed by atoms with van der Waals surface area (Å²) in [5.74, 6) is -5.99. The SMILES string of the molecule is CC[C@H]1OC(=O)[C@H](C)[C@@H](O[C@H]2CC(C)(OC)[C@@H](O)[C@H](C)O2)[C@H](C)[C@@H](O[C@@H]2O[C@H](C)C[C@H](N(C)CCC(=O)N[C@H](CF)Cc3ccc(S(C)(=O)=O)cc3)[C@H]2O)C(C)(O)C[C@@H](C)C(=O)[C@H](C)[C@@H](O)C1(C)O. The predicted molar refractivity (Wildman–Crippen MR) is 251 cm³/mol. The van der Waals surface area contributed by atoms with Gasteiger partial charge < -0.3 is 64.2 Å². The van der Waals surface area contributed by atoms with Crippen LogP contribution in [0.5, 0.6) is 0 Å². The van der Waals surface area contributed by atoms with Gasteiger partial charge in [0.05, 0.1) is 58.6 Å². The molecule has 0 radical (unpaired) electrons. The lowest BCUT2D eigenvalue weighted by atomic mass is 9.74. The van der Waals surface area contributed by atoms with Crippen molar-refractivity contribution in [1.82, 2.24) is 10.2 Å². The van der Waals surface area contributed by atoms with Crippen LogP contribution >= 0.6 is 0 Å². The third-order valence-corrected chi connectivity index (χ3v) is 15.9. The highest BCUT2D eigenvalue weighted by Crippen LogP contribution is 2.41. The molecule has 6 N–H and O–H groups in total. The molecule has 3 heterocycles. The second kappa shape index (κ2) is 23.9. The molecule has 69 heavy (non-hydrogen) atoms. The van der Waals surface area contributed by atoms with Crippen molar-refractivity contribution in [3.63, 3.8) is 0 Å². The van der Waals surface area contributed by atoms with Gasteiger partial charge in [0.1, 0.15) is 36.4 Å². The molecule has 0 aromatic heterocycles. The summed E-state index contributed by atoms with van der Waals surface area (Å²) in [6, 6.07) is 4.49. The van der Waals surface area contributed by atoms with Gasteiger partial charge in [0.25, 0.3) is 0 Å². The number of aliphatic hydroxyl groups is 5. The lowest BCUT2D eigenvalue weighted by Crippen LogP contribution is -2.61. The van der Waals surface area contributed by atoms with Crippen LogP contribution in [0.15, 0.2) is 29.2 Å². The molecule has 1 aromatic rings. The number of nitrogens with zero attached hydrogens (tertiary/aromatic N) is 1. The number of Topliss-reactive ketones (excluding diaryl/α,β-unsaturated/α-hetero) is 1. The summed E-state index contributed by atoms with van der Waals surface area (Å²) in [5, 5.41) is 61.6. The fourth-order valence-electron chi connectivity index (χ4n) is 10.4. The van der Waals surface area contributed by atoms with Crippen molar-refractivity contribution >= 4 is 27.5 Å². The number of halogens is 1. The summed E-state index contributed by atoms with van der Waals surface area (Å²) in [5.41, 5.74) is -4.49. The van der Waals surface area contributed by atoms with E-state index in [-0.39, 0.29) is 43.5 Å². The van der Waals surface area contributed by atoms with Crippen molar-refractivity contribution in [1.29, 1.82) is 0 Å². The highest BCUT2D eigenvalue weighted by molar-refractivity contribution is 7.90. The zero-order valence-electron chi connectivity index (χ0n) is 42.7. The number of likely N-dealkylation sites (N-methyl/N-ethyl adjacent to an activating group) is 1. The molecule has 20 heteroatoms. The smallest absolute Gasteiger partial charge is 0.311 e.